The molecule has 0 bridgehead atoms. The maximum Gasteiger partial charge on any atom is 0.0452 e. The minimum Gasteiger partial charge on any atom is -0.317 e. The Balaban J connectivity index is 2.07. The van der Waals surface area contributed by atoms with Crippen LogP contribution in [0.4, 0.5) is 0 Å². The van der Waals surface area contributed by atoms with E-state index in [1.54, 1.807) is 0 Å². The molecule has 3 heteroatoms. The van der Waals surface area contributed by atoms with E-state index in [1.807, 2.05) is 18.2 Å². The molecule has 100 valence electrons. The van der Waals surface area contributed by atoms with Crippen LogP contribution in [-0.4, -0.2) is 13.1 Å². The predicted octanol–water partition coefficient (Wildman–Crippen LogP) is 4.70. The summed E-state index contributed by atoms with van der Waals surface area (Å²) in [5.74, 6) is 0.697. The van der Waals surface area contributed by atoms with Gasteiger partial charge in [0.2, 0.25) is 0 Å². The van der Waals surface area contributed by atoms with Crippen molar-refractivity contribution in [1.29, 1.82) is 0 Å². The van der Waals surface area contributed by atoms with Crippen LogP contribution < -0.4 is 5.32 Å². The first-order valence-electron chi connectivity index (χ1n) is 6.81. The van der Waals surface area contributed by atoms with Crippen molar-refractivity contribution >= 4 is 23.2 Å². The third-order valence-electron chi connectivity index (χ3n) is 4.00. The fraction of sp³-hybridized carbons (Fsp3) is 0.600. The van der Waals surface area contributed by atoms with E-state index in [1.165, 1.54) is 32.1 Å². The Labute approximate surface area is 120 Å². The average molecular weight is 286 g/mol. The third kappa shape index (κ3) is 3.63. The van der Waals surface area contributed by atoms with E-state index in [9.17, 15) is 0 Å². The van der Waals surface area contributed by atoms with Gasteiger partial charge in [0, 0.05) is 16.1 Å². The van der Waals surface area contributed by atoms with E-state index in [-0.39, 0.29) is 0 Å². The summed E-state index contributed by atoms with van der Waals surface area (Å²) in [4.78, 5) is 0. The summed E-state index contributed by atoms with van der Waals surface area (Å²) in [6.45, 7) is 0. The first-order valence-corrected chi connectivity index (χ1v) is 7.56. The predicted molar refractivity (Wildman–Crippen MR) is 79.6 cm³/mol. The topological polar surface area (TPSA) is 12.0 Å². The standard InChI is InChI=1S/C15H21Cl2N/c1-18-12-6-3-2-5-11(9-12)10-13-14(16)7-4-8-15(13)17/h4,7-8,11-12,18H,2-3,5-6,9-10H2,1H3. The second-order valence-electron chi connectivity index (χ2n) is 5.28. The van der Waals surface area contributed by atoms with Crippen molar-refractivity contribution in [3.8, 4) is 0 Å². The van der Waals surface area contributed by atoms with Crippen LogP contribution in [-0.2, 0) is 6.42 Å². The van der Waals surface area contributed by atoms with E-state index in [0.29, 0.717) is 12.0 Å². The van der Waals surface area contributed by atoms with Crippen LogP contribution in [0, 0.1) is 5.92 Å². The first-order chi connectivity index (χ1) is 8.70. The summed E-state index contributed by atoms with van der Waals surface area (Å²) in [7, 11) is 2.07. The van der Waals surface area contributed by atoms with Gasteiger partial charge in [0.05, 0.1) is 0 Å². The normalized spacial score (nSPS) is 24.8. The molecule has 0 heterocycles. The summed E-state index contributed by atoms with van der Waals surface area (Å²) < 4.78 is 0. The molecule has 0 amide bonds. The van der Waals surface area contributed by atoms with E-state index < -0.39 is 0 Å². The van der Waals surface area contributed by atoms with Crippen LogP contribution in [0.25, 0.3) is 0 Å². The van der Waals surface area contributed by atoms with E-state index in [4.69, 9.17) is 23.2 Å². The molecule has 1 aromatic rings. The molecule has 0 spiro atoms. The molecule has 1 fully saturated rings. The molecule has 2 atom stereocenters. The van der Waals surface area contributed by atoms with E-state index in [0.717, 1.165) is 22.0 Å². The lowest BCUT2D eigenvalue weighted by molar-refractivity contribution is 0.400. The fourth-order valence-corrected chi connectivity index (χ4v) is 3.48. The average Bonchev–Trinajstić information content (AvgIpc) is 2.59. The van der Waals surface area contributed by atoms with Gasteiger partial charge in [0.25, 0.3) is 0 Å². The summed E-state index contributed by atoms with van der Waals surface area (Å²) in [6.07, 6.45) is 7.49. The van der Waals surface area contributed by atoms with Crippen LogP contribution in [0.15, 0.2) is 18.2 Å². The Morgan fingerprint density at radius 3 is 2.50 bits per heavy atom. The Kier molecular flexibility index (Phi) is 5.35. The highest BCUT2D eigenvalue weighted by atomic mass is 35.5. The zero-order valence-corrected chi connectivity index (χ0v) is 12.4. The molecule has 1 aliphatic rings. The fourth-order valence-electron chi connectivity index (χ4n) is 2.93. The van der Waals surface area contributed by atoms with Crippen molar-refractivity contribution in [1.82, 2.24) is 5.32 Å². The summed E-state index contributed by atoms with van der Waals surface area (Å²) in [5.41, 5.74) is 1.13. The Hall–Kier alpha value is -0.240. The molecule has 2 rings (SSSR count). The van der Waals surface area contributed by atoms with Crippen LogP contribution in [0.2, 0.25) is 10.0 Å². The zero-order valence-electron chi connectivity index (χ0n) is 10.9. The van der Waals surface area contributed by atoms with Gasteiger partial charge < -0.3 is 5.32 Å². The van der Waals surface area contributed by atoms with Gasteiger partial charge in [-0.1, -0.05) is 48.5 Å². The monoisotopic (exact) mass is 285 g/mol. The molecule has 0 radical (unpaired) electrons. The molecule has 1 nitrogen and oxygen atoms in total. The minimum absolute atomic E-state index is 0.652. The highest BCUT2D eigenvalue weighted by molar-refractivity contribution is 6.35. The molecule has 1 aliphatic carbocycles. The molecule has 18 heavy (non-hydrogen) atoms. The highest BCUT2D eigenvalue weighted by Crippen LogP contribution is 2.32. The molecular weight excluding hydrogens is 265 g/mol. The maximum atomic E-state index is 6.26. The van der Waals surface area contributed by atoms with Crippen LogP contribution in [0.5, 0.6) is 0 Å². The van der Waals surface area contributed by atoms with Crippen molar-refractivity contribution in [2.45, 2.75) is 44.6 Å². The lowest BCUT2D eigenvalue weighted by Gasteiger charge is -2.20. The van der Waals surface area contributed by atoms with Gasteiger partial charge in [-0.25, -0.2) is 0 Å². The quantitative estimate of drug-likeness (QED) is 0.794. The van der Waals surface area contributed by atoms with Gasteiger partial charge in [-0.3, -0.25) is 0 Å². The smallest absolute Gasteiger partial charge is 0.0452 e. The van der Waals surface area contributed by atoms with Crippen molar-refractivity contribution < 1.29 is 0 Å². The SMILES string of the molecule is CNC1CCCCC(Cc2c(Cl)cccc2Cl)C1. The van der Waals surface area contributed by atoms with Gasteiger partial charge >= 0.3 is 0 Å². The van der Waals surface area contributed by atoms with Crippen molar-refractivity contribution in [2.24, 2.45) is 5.92 Å². The first kappa shape index (κ1) is 14.2. The van der Waals surface area contributed by atoms with Crippen molar-refractivity contribution in [2.75, 3.05) is 7.05 Å². The molecule has 0 aromatic heterocycles. The summed E-state index contributed by atoms with van der Waals surface area (Å²) >= 11 is 12.5. The highest BCUT2D eigenvalue weighted by Gasteiger charge is 2.21. The van der Waals surface area contributed by atoms with E-state index >= 15 is 0 Å². The molecule has 1 saturated carbocycles. The summed E-state index contributed by atoms with van der Waals surface area (Å²) in [5, 5.41) is 5.05. The second-order valence-corrected chi connectivity index (χ2v) is 6.09. The van der Waals surface area contributed by atoms with Crippen LogP contribution in [0.1, 0.15) is 37.7 Å². The minimum atomic E-state index is 0.652. The number of hydrogen-bond acceptors (Lipinski definition) is 1. The number of benzene rings is 1. The van der Waals surface area contributed by atoms with E-state index in [2.05, 4.69) is 12.4 Å². The molecule has 2 unspecified atom stereocenters. The number of rotatable bonds is 3. The lowest BCUT2D eigenvalue weighted by Crippen LogP contribution is -2.26. The summed E-state index contributed by atoms with van der Waals surface area (Å²) in [6, 6.07) is 6.44. The van der Waals surface area contributed by atoms with Crippen molar-refractivity contribution in [3.05, 3.63) is 33.8 Å². The van der Waals surface area contributed by atoms with Gasteiger partial charge in [-0.2, -0.15) is 0 Å². The third-order valence-corrected chi connectivity index (χ3v) is 4.70. The number of halogens is 2. The zero-order chi connectivity index (χ0) is 13.0. The number of hydrogen-bond donors (Lipinski definition) is 1. The van der Waals surface area contributed by atoms with Gasteiger partial charge in [-0.15, -0.1) is 0 Å². The van der Waals surface area contributed by atoms with Gasteiger partial charge in [-0.05, 0) is 49.9 Å². The van der Waals surface area contributed by atoms with Gasteiger partial charge in [0.15, 0.2) is 0 Å². The Morgan fingerprint density at radius 2 is 1.83 bits per heavy atom. The largest absolute Gasteiger partial charge is 0.317 e. The molecule has 0 aliphatic heterocycles. The lowest BCUT2D eigenvalue weighted by atomic mass is 9.91. The Bertz CT molecular complexity index is 372. The number of nitrogens with one attached hydrogen (secondary N) is 1. The molecule has 0 saturated heterocycles. The van der Waals surface area contributed by atoms with Crippen molar-refractivity contribution in [3.63, 3.8) is 0 Å². The molecule has 1 N–H and O–H groups in total. The Morgan fingerprint density at radius 1 is 1.17 bits per heavy atom. The maximum absolute atomic E-state index is 6.26. The van der Waals surface area contributed by atoms with Crippen LogP contribution in [0.3, 0.4) is 0 Å². The molecule has 1 aromatic carbocycles. The molecular formula is C15H21Cl2N. The van der Waals surface area contributed by atoms with Gasteiger partial charge in [0.1, 0.15) is 0 Å². The second kappa shape index (κ2) is 6.79. The van der Waals surface area contributed by atoms with Crippen LogP contribution >= 0.6 is 23.2 Å².